The van der Waals surface area contributed by atoms with E-state index >= 15 is 0 Å². The molecule has 4 nitrogen and oxygen atoms in total. The molecular formula is C18H18FNO3S. The third-order valence-electron chi connectivity index (χ3n) is 3.79. The van der Waals surface area contributed by atoms with Crippen molar-refractivity contribution in [1.29, 1.82) is 0 Å². The standard InChI is InChI=1S/C18H18FNO3S/c1-10-7-8-14(23-10)11(2)20-18(21)17-12(9-22-3)16-13(19)5-4-6-15(16)24-17/h4-8,11H,9H2,1-3H3,(H,20,21). The summed E-state index contributed by atoms with van der Waals surface area (Å²) in [5.74, 6) is 0.866. The van der Waals surface area contributed by atoms with Gasteiger partial charge in [0.2, 0.25) is 0 Å². The minimum Gasteiger partial charge on any atom is -0.464 e. The van der Waals surface area contributed by atoms with E-state index in [1.54, 1.807) is 12.1 Å². The number of fused-ring (bicyclic) bond motifs is 1. The van der Waals surface area contributed by atoms with Crippen LogP contribution in [0.1, 0.15) is 39.7 Å². The predicted octanol–water partition coefficient (Wildman–Crippen LogP) is 4.58. The molecule has 0 saturated carbocycles. The second kappa shape index (κ2) is 6.75. The molecule has 3 aromatic rings. The van der Waals surface area contributed by atoms with E-state index < -0.39 is 0 Å². The third-order valence-corrected chi connectivity index (χ3v) is 4.99. The van der Waals surface area contributed by atoms with Crippen LogP contribution in [0, 0.1) is 12.7 Å². The molecule has 0 radical (unpaired) electrons. The minimum atomic E-state index is -0.343. The van der Waals surface area contributed by atoms with Crippen LogP contribution >= 0.6 is 11.3 Å². The van der Waals surface area contributed by atoms with Gasteiger partial charge in [-0.1, -0.05) is 6.07 Å². The maximum absolute atomic E-state index is 14.2. The largest absolute Gasteiger partial charge is 0.464 e. The number of hydrogen-bond donors (Lipinski definition) is 1. The fraction of sp³-hybridized carbons (Fsp3) is 0.278. The highest BCUT2D eigenvalue weighted by Gasteiger charge is 2.22. The lowest BCUT2D eigenvalue weighted by Crippen LogP contribution is -2.26. The van der Waals surface area contributed by atoms with Gasteiger partial charge in [-0.3, -0.25) is 4.79 Å². The molecule has 1 aromatic carbocycles. The van der Waals surface area contributed by atoms with E-state index in [0.717, 1.165) is 10.5 Å². The van der Waals surface area contributed by atoms with Crippen molar-refractivity contribution in [2.45, 2.75) is 26.5 Å². The van der Waals surface area contributed by atoms with Crippen molar-refractivity contribution in [2.75, 3.05) is 7.11 Å². The van der Waals surface area contributed by atoms with Crippen molar-refractivity contribution < 1.29 is 18.3 Å². The van der Waals surface area contributed by atoms with Crippen molar-refractivity contribution in [2.24, 2.45) is 0 Å². The molecule has 6 heteroatoms. The van der Waals surface area contributed by atoms with Crippen molar-refractivity contribution >= 4 is 27.3 Å². The SMILES string of the molecule is COCc1c(C(=O)NC(C)c2ccc(C)o2)sc2cccc(F)c12. The lowest BCUT2D eigenvalue weighted by atomic mass is 10.1. The number of hydrogen-bond acceptors (Lipinski definition) is 4. The van der Waals surface area contributed by atoms with Gasteiger partial charge in [0.1, 0.15) is 17.3 Å². The number of furan rings is 1. The number of methoxy groups -OCH3 is 1. The summed E-state index contributed by atoms with van der Waals surface area (Å²) in [6, 6.07) is 8.24. The van der Waals surface area contributed by atoms with E-state index in [1.165, 1.54) is 24.5 Å². The molecule has 0 aliphatic carbocycles. The average molecular weight is 347 g/mol. The van der Waals surface area contributed by atoms with Crippen LogP contribution in [0.25, 0.3) is 10.1 Å². The second-order valence-electron chi connectivity index (χ2n) is 5.60. The number of amides is 1. The van der Waals surface area contributed by atoms with E-state index in [-0.39, 0.29) is 24.4 Å². The smallest absolute Gasteiger partial charge is 0.262 e. The molecule has 24 heavy (non-hydrogen) atoms. The first-order valence-electron chi connectivity index (χ1n) is 7.57. The van der Waals surface area contributed by atoms with Crippen LogP contribution in [-0.4, -0.2) is 13.0 Å². The van der Waals surface area contributed by atoms with Crippen molar-refractivity contribution in [3.63, 3.8) is 0 Å². The molecule has 0 fully saturated rings. The number of carbonyl (C=O) groups excluding carboxylic acids is 1. The van der Waals surface area contributed by atoms with Gasteiger partial charge in [-0.25, -0.2) is 4.39 Å². The maximum Gasteiger partial charge on any atom is 0.262 e. The molecule has 0 aliphatic heterocycles. The molecule has 0 saturated heterocycles. The fourth-order valence-electron chi connectivity index (χ4n) is 2.65. The maximum atomic E-state index is 14.2. The lowest BCUT2D eigenvalue weighted by molar-refractivity contribution is 0.0935. The molecule has 126 valence electrons. The summed E-state index contributed by atoms with van der Waals surface area (Å²) in [6.45, 7) is 3.88. The topological polar surface area (TPSA) is 51.5 Å². The van der Waals surface area contributed by atoms with E-state index in [1.807, 2.05) is 26.0 Å². The molecule has 2 heterocycles. The Morgan fingerprint density at radius 1 is 1.38 bits per heavy atom. The fourth-order valence-corrected chi connectivity index (χ4v) is 3.78. The zero-order valence-corrected chi connectivity index (χ0v) is 14.5. The van der Waals surface area contributed by atoms with Gasteiger partial charge in [-0.05, 0) is 38.1 Å². The Kier molecular flexibility index (Phi) is 4.69. The van der Waals surface area contributed by atoms with E-state index in [9.17, 15) is 9.18 Å². The number of rotatable bonds is 5. The first-order chi connectivity index (χ1) is 11.5. The molecule has 1 atom stereocenters. The Balaban J connectivity index is 1.94. The number of thiophene rings is 1. The average Bonchev–Trinajstić information content (AvgIpc) is 3.13. The summed E-state index contributed by atoms with van der Waals surface area (Å²) >= 11 is 1.27. The Labute approximate surface area is 143 Å². The van der Waals surface area contributed by atoms with E-state index in [0.29, 0.717) is 21.6 Å². The number of halogens is 1. The Morgan fingerprint density at radius 2 is 2.17 bits per heavy atom. The van der Waals surface area contributed by atoms with Gasteiger partial charge < -0.3 is 14.5 Å². The third kappa shape index (κ3) is 3.07. The summed E-state index contributed by atoms with van der Waals surface area (Å²) < 4.78 is 25.6. The lowest BCUT2D eigenvalue weighted by Gasteiger charge is -2.11. The Morgan fingerprint density at radius 3 is 2.83 bits per heavy atom. The van der Waals surface area contributed by atoms with Gasteiger partial charge >= 0.3 is 0 Å². The zero-order valence-electron chi connectivity index (χ0n) is 13.7. The second-order valence-corrected chi connectivity index (χ2v) is 6.65. The predicted molar refractivity (Wildman–Crippen MR) is 91.8 cm³/mol. The molecule has 0 aliphatic rings. The number of benzene rings is 1. The highest BCUT2D eigenvalue weighted by molar-refractivity contribution is 7.21. The van der Waals surface area contributed by atoms with E-state index in [2.05, 4.69) is 5.32 Å². The number of ether oxygens (including phenoxy) is 1. The van der Waals surface area contributed by atoms with Gasteiger partial charge in [0.15, 0.2) is 0 Å². The molecule has 3 rings (SSSR count). The van der Waals surface area contributed by atoms with Gasteiger partial charge in [-0.2, -0.15) is 0 Å². The van der Waals surface area contributed by atoms with Gasteiger partial charge in [0, 0.05) is 22.8 Å². The number of aryl methyl sites for hydroxylation is 1. The van der Waals surface area contributed by atoms with Crippen LogP contribution in [0.3, 0.4) is 0 Å². The molecular weight excluding hydrogens is 329 g/mol. The Hall–Kier alpha value is -2.18. The van der Waals surface area contributed by atoms with Crippen molar-refractivity contribution in [1.82, 2.24) is 5.32 Å². The highest BCUT2D eigenvalue weighted by Crippen LogP contribution is 2.34. The molecule has 1 N–H and O–H groups in total. The Bertz CT molecular complexity index is 884. The summed E-state index contributed by atoms with van der Waals surface area (Å²) in [4.78, 5) is 13.2. The van der Waals surface area contributed by atoms with Crippen molar-refractivity contribution in [3.8, 4) is 0 Å². The molecule has 0 spiro atoms. The first kappa shape index (κ1) is 16.7. The monoisotopic (exact) mass is 347 g/mol. The molecule has 1 unspecified atom stereocenters. The van der Waals surface area contributed by atoms with Crippen LogP contribution < -0.4 is 5.32 Å². The summed E-state index contributed by atoms with van der Waals surface area (Å²) in [7, 11) is 1.53. The van der Waals surface area contributed by atoms with Gasteiger partial charge in [0.05, 0.1) is 17.5 Å². The number of nitrogens with one attached hydrogen (secondary N) is 1. The van der Waals surface area contributed by atoms with Crippen LogP contribution in [0.2, 0.25) is 0 Å². The van der Waals surface area contributed by atoms with E-state index in [4.69, 9.17) is 9.15 Å². The summed E-state index contributed by atoms with van der Waals surface area (Å²) in [5.41, 5.74) is 0.580. The highest BCUT2D eigenvalue weighted by atomic mass is 32.1. The molecule has 2 aromatic heterocycles. The van der Waals surface area contributed by atoms with Crippen LogP contribution in [-0.2, 0) is 11.3 Å². The normalized spacial score (nSPS) is 12.5. The summed E-state index contributed by atoms with van der Waals surface area (Å²) in [6.07, 6.45) is 0. The van der Waals surface area contributed by atoms with Crippen molar-refractivity contribution in [3.05, 3.63) is 58.1 Å². The summed E-state index contributed by atoms with van der Waals surface area (Å²) in [5, 5.41) is 3.36. The van der Waals surface area contributed by atoms with Crippen LogP contribution in [0.4, 0.5) is 4.39 Å². The first-order valence-corrected chi connectivity index (χ1v) is 8.39. The quantitative estimate of drug-likeness (QED) is 0.735. The van der Waals surface area contributed by atoms with Gasteiger partial charge in [-0.15, -0.1) is 11.3 Å². The molecule has 0 bridgehead atoms. The zero-order chi connectivity index (χ0) is 17.3. The minimum absolute atomic E-state index is 0.178. The molecule has 1 amide bonds. The number of carbonyl (C=O) groups is 1. The van der Waals surface area contributed by atoms with Crippen LogP contribution in [0.15, 0.2) is 34.7 Å². The van der Waals surface area contributed by atoms with Crippen LogP contribution in [0.5, 0.6) is 0 Å². The van der Waals surface area contributed by atoms with Gasteiger partial charge in [0.25, 0.3) is 5.91 Å².